The van der Waals surface area contributed by atoms with E-state index in [1.807, 2.05) is 6.92 Å². The van der Waals surface area contributed by atoms with Gasteiger partial charge < -0.3 is 15.4 Å². The summed E-state index contributed by atoms with van der Waals surface area (Å²) in [6.07, 6.45) is 9.65. The molecule has 0 bridgehead atoms. The summed E-state index contributed by atoms with van der Waals surface area (Å²) < 4.78 is 4.59. The minimum atomic E-state index is -0.107. The second-order valence-electron chi connectivity index (χ2n) is 4.94. The molecule has 0 aromatic carbocycles. The van der Waals surface area contributed by atoms with E-state index in [1.165, 1.54) is 32.8 Å². The van der Waals surface area contributed by atoms with E-state index in [1.54, 1.807) is 0 Å². The third-order valence-corrected chi connectivity index (χ3v) is 3.16. The lowest BCUT2D eigenvalue weighted by Crippen LogP contribution is -2.35. The Morgan fingerprint density at radius 2 is 1.40 bits per heavy atom. The molecule has 0 aromatic rings. The van der Waals surface area contributed by atoms with Gasteiger partial charge in [0.2, 0.25) is 0 Å². The van der Waals surface area contributed by atoms with Gasteiger partial charge in [-0.25, -0.2) is 4.79 Å². The Morgan fingerprint density at radius 1 is 0.850 bits per heavy atom. The van der Waals surface area contributed by atoms with Crippen molar-refractivity contribution >= 4 is 12.0 Å². The number of rotatable bonds is 12. The van der Waals surface area contributed by atoms with E-state index >= 15 is 0 Å². The number of carbonyl (C=O) groups is 2. The number of esters is 1. The van der Waals surface area contributed by atoms with Gasteiger partial charge in [0.1, 0.15) is 0 Å². The first kappa shape index (κ1) is 18.7. The summed E-state index contributed by atoms with van der Waals surface area (Å²) in [4.78, 5) is 22.0. The Bertz CT molecular complexity index is 258. The Hall–Kier alpha value is -1.26. The number of methoxy groups -OCH3 is 1. The fraction of sp³-hybridized carbons (Fsp3) is 0.867. The number of urea groups is 1. The van der Waals surface area contributed by atoms with Crippen LogP contribution in [0.4, 0.5) is 4.79 Å². The van der Waals surface area contributed by atoms with Crippen LogP contribution in [-0.4, -0.2) is 32.2 Å². The van der Waals surface area contributed by atoms with Crippen molar-refractivity contribution in [3.05, 3.63) is 0 Å². The largest absolute Gasteiger partial charge is 0.469 e. The molecule has 0 aromatic heterocycles. The number of ether oxygens (including phenoxy) is 1. The quantitative estimate of drug-likeness (QED) is 0.428. The zero-order valence-electron chi connectivity index (χ0n) is 13.0. The van der Waals surface area contributed by atoms with Gasteiger partial charge in [-0.15, -0.1) is 0 Å². The van der Waals surface area contributed by atoms with E-state index in [-0.39, 0.29) is 12.0 Å². The van der Waals surface area contributed by atoms with Crippen LogP contribution >= 0.6 is 0 Å². The number of hydrogen-bond donors (Lipinski definition) is 2. The SMILES string of the molecule is CCNC(=O)NCCCCCCCCCCC(=O)OC. The molecule has 5 heteroatoms. The average Bonchev–Trinajstić information content (AvgIpc) is 2.44. The van der Waals surface area contributed by atoms with Crippen LogP contribution in [0.3, 0.4) is 0 Å². The van der Waals surface area contributed by atoms with Crippen molar-refractivity contribution in [3.63, 3.8) is 0 Å². The van der Waals surface area contributed by atoms with Gasteiger partial charge in [-0.05, 0) is 19.8 Å². The van der Waals surface area contributed by atoms with Crippen LogP contribution in [0.1, 0.15) is 64.7 Å². The van der Waals surface area contributed by atoms with Crippen LogP contribution in [0.5, 0.6) is 0 Å². The summed E-state index contributed by atoms with van der Waals surface area (Å²) in [6, 6.07) is -0.0712. The number of amides is 2. The lowest BCUT2D eigenvalue weighted by atomic mass is 10.1. The molecule has 20 heavy (non-hydrogen) atoms. The maximum absolute atomic E-state index is 11.1. The lowest BCUT2D eigenvalue weighted by molar-refractivity contribution is -0.140. The molecular weight excluding hydrogens is 256 g/mol. The van der Waals surface area contributed by atoms with Crippen LogP contribution in [0.2, 0.25) is 0 Å². The molecule has 5 nitrogen and oxygen atoms in total. The van der Waals surface area contributed by atoms with Gasteiger partial charge in [0.15, 0.2) is 0 Å². The number of hydrogen-bond acceptors (Lipinski definition) is 3. The van der Waals surface area contributed by atoms with Crippen molar-refractivity contribution < 1.29 is 14.3 Å². The molecule has 0 aliphatic carbocycles. The summed E-state index contributed by atoms with van der Waals surface area (Å²) >= 11 is 0. The van der Waals surface area contributed by atoms with Gasteiger partial charge in [-0.2, -0.15) is 0 Å². The molecular formula is C15H30N2O3. The number of carbonyl (C=O) groups excluding carboxylic acids is 2. The van der Waals surface area contributed by atoms with E-state index in [2.05, 4.69) is 15.4 Å². The van der Waals surface area contributed by atoms with Crippen molar-refractivity contribution in [2.75, 3.05) is 20.2 Å². The first-order valence-electron chi connectivity index (χ1n) is 7.79. The van der Waals surface area contributed by atoms with Gasteiger partial charge in [0, 0.05) is 19.5 Å². The summed E-state index contributed by atoms with van der Waals surface area (Å²) in [7, 11) is 1.43. The second-order valence-corrected chi connectivity index (χ2v) is 4.94. The van der Waals surface area contributed by atoms with Crippen LogP contribution < -0.4 is 10.6 Å². The molecule has 118 valence electrons. The summed E-state index contributed by atoms with van der Waals surface area (Å²) in [5.41, 5.74) is 0. The molecule has 0 saturated heterocycles. The molecule has 0 saturated carbocycles. The Balaban J connectivity index is 3.10. The summed E-state index contributed by atoms with van der Waals surface area (Å²) in [6.45, 7) is 3.33. The third kappa shape index (κ3) is 13.2. The Labute approximate surface area is 122 Å². The van der Waals surface area contributed by atoms with Crippen LogP contribution in [0.25, 0.3) is 0 Å². The molecule has 0 fully saturated rings. The third-order valence-electron chi connectivity index (χ3n) is 3.16. The van der Waals surface area contributed by atoms with Crippen molar-refractivity contribution in [1.82, 2.24) is 10.6 Å². The fourth-order valence-electron chi connectivity index (χ4n) is 1.98. The molecule has 0 heterocycles. The minimum Gasteiger partial charge on any atom is -0.469 e. The highest BCUT2D eigenvalue weighted by molar-refractivity contribution is 5.73. The van der Waals surface area contributed by atoms with Gasteiger partial charge in [0.05, 0.1) is 7.11 Å². The predicted octanol–water partition coefficient (Wildman–Crippen LogP) is 2.99. The average molecular weight is 286 g/mol. The van der Waals surface area contributed by atoms with E-state index < -0.39 is 0 Å². The zero-order chi connectivity index (χ0) is 15.1. The maximum atomic E-state index is 11.1. The van der Waals surface area contributed by atoms with Crippen molar-refractivity contribution in [1.29, 1.82) is 0 Å². The van der Waals surface area contributed by atoms with Crippen LogP contribution in [-0.2, 0) is 9.53 Å². The molecule has 0 aliphatic heterocycles. The molecule has 0 spiro atoms. The molecule has 2 amide bonds. The smallest absolute Gasteiger partial charge is 0.314 e. The number of unbranched alkanes of at least 4 members (excludes halogenated alkanes) is 7. The molecule has 0 unspecified atom stereocenters. The molecule has 0 radical (unpaired) electrons. The predicted molar refractivity (Wildman–Crippen MR) is 80.6 cm³/mol. The summed E-state index contributed by atoms with van der Waals surface area (Å²) in [5, 5.41) is 5.53. The standard InChI is InChI=1S/C15H30N2O3/c1-3-16-15(19)17-13-11-9-7-5-4-6-8-10-12-14(18)20-2/h3-13H2,1-2H3,(H2,16,17,19). The Morgan fingerprint density at radius 3 is 1.95 bits per heavy atom. The second kappa shape index (κ2) is 14.2. The normalized spacial score (nSPS) is 10.1. The van der Waals surface area contributed by atoms with Gasteiger partial charge in [-0.3, -0.25) is 4.79 Å². The molecule has 2 N–H and O–H groups in total. The molecule has 0 aliphatic rings. The van der Waals surface area contributed by atoms with Crippen molar-refractivity contribution in [2.45, 2.75) is 64.7 Å². The first-order valence-corrected chi connectivity index (χ1v) is 7.79. The first-order chi connectivity index (χ1) is 9.70. The van der Waals surface area contributed by atoms with Gasteiger partial charge >= 0.3 is 12.0 Å². The van der Waals surface area contributed by atoms with E-state index in [4.69, 9.17) is 0 Å². The fourth-order valence-corrected chi connectivity index (χ4v) is 1.98. The van der Waals surface area contributed by atoms with Gasteiger partial charge in [-0.1, -0.05) is 38.5 Å². The van der Waals surface area contributed by atoms with Crippen molar-refractivity contribution in [2.24, 2.45) is 0 Å². The van der Waals surface area contributed by atoms with Crippen molar-refractivity contribution in [3.8, 4) is 0 Å². The molecule has 0 atom stereocenters. The number of nitrogens with one attached hydrogen (secondary N) is 2. The van der Waals surface area contributed by atoms with E-state index in [0.717, 1.165) is 32.2 Å². The van der Waals surface area contributed by atoms with E-state index in [9.17, 15) is 9.59 Å². The Kier molecular flexibility index (Phi) is 13.3. The van der Waals surface area contributed by atoms with E-state index in [0.29, 0.717) is 13.0 Å². The molecule has 0 rings (SSSR count). The van der Waals surface area contributed by atoms with Gasteiger partial charge in [0.25, 0.3) is 0 Å². The highest BCUT2D eigenvalue weighted by Crippen LogP contribution is 2.09. The highest BCUT2D eigenvalue weighted by atomic mass is 16.5. The maximum Gasteiger partial charge on any atom is 0.314 e. The monoisotopic (exact) mass is 286 g/mol. The topological polar surface area (TPSA) is 67.4 Å². The lowest BCUT2D eigenvalue weighted by Gasteiger charge is -2.05. The zero-order valence-corrected chi connectivity index (χ0v) is 13.0. The minimum absolute atomic E-state index is 0.0712. The summed E-state index contributed by atoms with van der Waals surface area (Å²) in [5.74, 6) is -0.107. The highest BCUT2D eigenvalue weighted by Gasteiger charge is 1.99. The van der Waals surface area contributed by atoms with Crippen LogP contribution in [0.15, 0.2) is 0 Å². The van der Waals surface area contributed by atoms with Crippen LogP contribution in [0, 0.1) is 0 Å².